The molecule has 19 heavy (non-hydrogen) atoms. The zero-order valence-electron chi connectivity index (χ0n) is 10.2. The maximum absolute atomic E-state index is 12.7. The van der Waals surface area contributed by atoms with Crippen LogP contribution in [-0.4, -0.2) is 15.0 Å². The lowest BCUT2D eigenvalue weighted by molar-refractivity contribution is -0.137. The minimum absolute atomic E-state index is 0.268. The van der Waals surface area contributed by atoms with E-state index in [9.17, 15) is 18.0 Å². The number of hydrogen-bond donors (Lipinski definition) is 0. The summed E-state index contributed by atoms with van der Waals surface area (Å²) < 4.78 is 39.3. The summed E-state index contributed by atoms with van der Waals surface area (Å²) in [5, 5.41) is 2.58. The van der Waals surface area contributed by atoms with Crippen LogP contribution < -0.4 is 0 Å². The van der Waals surface area contributed by atoms with E-state index in [-0.39, 0.29) is 5.92 Å². The molecule has 1 heterocycles. The van der Waals surface area contributed by atoms with Crippen molar-refractivity contribution < 1.29 is 18.0 Å². The van der Waals surface area contributed by atoms with E-state index in [2.05, 4.69) is 5.10 Å². The Hall–Kier alpha value is -1.04. The van der Waals surface area contributed by atoms with E-state index in [1.807, 2.05) is 0 Å². The third kappa shape index (κ3) is 3.29. The second-order valence-corrected chi connectivity index (χ2v) is 5.21. The highest BCUT2D eigenvalue weighted by Gasteiger charge is 2.38. The topological polar surface area (TPSA) is 34.9 Å². The Morgan fingerprint density at radius 2 is 2.00 bits per heavy atom. The van der Waals surface area contributed by atoms with Crippen LogP contribution in [0.4, 0.5) is 13.2 Å². The van der Waals surface area contributed by atoms with Crippen molar-refractivity contribution in [3.63, 3.8) is 0 Å². The highest BCUT2D eigenvalue weighted by Crippen LogP contribution is 2.33. The first-order valence-electron chi connectivity index (χ1n) is 6.22. The van der Waals surface area contributed by atoms with Crippen molar-refractivity contribution in [2.24, 2.45) is 5.92 Å². The number of carbonyl (C=O) groups is 1. The fraction of sp³-hybridized carbons (Fsp3) is 0.667. The van der Waals surface area contributed by atoms with Crippen LogP contribution in [0.15, 0.2) is 6.20 Å². The molecule has 0 aromatic carbocycles. The van der Waals surface area contributed by atoms with Crippen LogP contribution in [-0.2, 0) is 12.7 Å². The maximum atomic E-state index is 12.7. The molecule has 0 unspecified atom stereocenters. The Bertz CT molecular complexity index is 464. The lowest BCUT2D eigenvalue weighted by atomic mass is 9.89. The Kier molecular flexibility index (Phi) is 4.18. The van der Waals surface area contributed by atoms with Gasteiger partial charge in [-0.1, -0.05) is 19.3 Å². The van der Waals surface area contributed by atoms with Gasteiger partial charge in [-0.3, -0.25) is 9.48 Å². The molecule has 1 aromatic rings. The van der Waals surface area contributed by atoms with E-state index in [4.69, 9.17) is 11.6 Å². The molecule has 1 fully saturated rings. The third-order valence-corrected chi connectivity index (χ3v) is 3.67. The molecule has 7 heteroatoms. The van der Waals surface area contributed by atoms with Gasteiger partial charge in [0.2, 0.25) is 0 Å². The highest BCUT2D eigenvalue weighted by molar-refractivity contribution is 6.67. The van der Waals surface area contributed by atoms with E-state index >= 15 is 0 Å². The first-order valence-corrected chi connectivity index (χ1v) is 6.60. The smallest absolute Gasteiger partial charge is 0.274 e. The van der Waals surface area contributed by atoms with Crippen molar-refractivity contribution in [1.29, 1.82) is 0 Å². The van der Waals surface area contributed by atoms with Crippen LogP contribution in [0, 0.1) is 5.92 Å². The average molecular weight is 295 g/mol. The quantitative estimate of drug-likeness (QED) is 0.793. The molecular weight excluding hydrogens is 281 g/mol. The van der Waals surface area contributed by atoms with Crippen LogP contribution >= 0.6 is 11.6 Å². The summed E-state index contributed by atoms with van der Waals surface area (Å²) in [6.45, 7) is 0.323. The van der Waals surface area contributed by atoms with Gasteiger partial charge in [0.15, 0.2) is 0 Å². The monoisotopic (exact) mass is 294 g/mol. The van der Waals surface area contributed by atoms with Crippen LogP contribution in [0.2, 0.25) is 0 Å². The van der Waals surface area contributed by atoms with Gasteiger partial charge in [-0.15, -0.1) is 0 Å². The van der Waals surface area contributed by atoms with Gasteiger partial charge in [-0.2, -0.15) is 18.3 Å². The molecule has 1 saturated carbocycles. The number of hydrogen-bond acceptors (Lipinski definition) is 2. The zero-order valence-corrected chi connectivity index (χ0v) is 11.0. The predicted octanol–water partition coefficient (Wildman–Crippen LogP) is 3.86. The molecule has 0 spiro atoms. The molecular formula is C12H14ClF3N2O. The predicted molar refractivity (Wildman–Crippen MR) is 64.0 cm³/mol. The van der Waals surface area contributed by atoms with Gasteiger partial charge >= 0.3 is 6.18 Å². The van der Waals surface area contributed by atoms with Gasteiger partial charge in [0.25, 0.3) is 5.24 Å². The molecule has 0 aliphatic heterocycles. The number of rotatable bonds is 3. The average Bonchev–Trinajstić information content (AvgIpc) is 2.74. The van der Waals surface area contributed by atoms with Crippen molar-refractivity contribution in [3.05, 3.63) is 17.5 Å². The van der Waals surface area contributed by atoms with Crippen molar-refractivity contribution >= 4 is 16.8 Å². The van der Waals surface area contributed by atoms with E-state index in [1.54, 1.807) is 0 Å². The summed E-state index contributed by atoms with van der Waals surface area (Å²) in [6, 6.07) is 0. The molecule has 106 valence electrons. The molecule has 1 aromatic heterocycles. The van der Waals surface area contributed by atoms with E-state index in [0.717, 1.165) is 36.8 Å². The zero-order chi connectivity index (χ0) is 14.0. The van der Waals surface area contributed by atoms with Crippen LogP contribution in [0.3, 0.4) is 0 Å². The standard InChI is InChI=1S/C12H14ClF3N2O/c13-11(19)10-9(12(14,15)16)6-17-18(10)7-8-4-2-1-3-5-8/h6,8H,1-5,7H2. The van der Waals surface area contributed by atoms with Gasteiger partial charge in [0, 0.05) is 6.54 Å². The summed E-state index contributed by atoms with van der Waals surface area (Å²) in [5.41, 5.74) is -1.59. The molecule has 1 aliphatic rings. The Balaban J connectivity index is 2.25. The van der Waals surface area contributed by atoms with Gasteiger partial charge in [-0.05, 0) is 30.4 Å². The third-order valence-electron chi connectivity index (χ3n) is 3.49. The van der Waals surface area contributed by atoms with Gasteiger partial charge < -0.3 is 0 Å². The fourth-order valence-corrected chi connectivity index (χ4v) is 2.75. The van der Waals surface area contributed by atoms with Gasteiger partial charge in [0.05, 0.1) is 6.20 Å². The van der Waals surface area contributed by atoms with Gasteiger partial charge in [-0.25, -0.2) is 0 Å². The van der Waals surface area contributed by atoms with Crippen molar-refractivity contribution in [1.82, 2.24) is 9.78 Å². The molecule has 0 N–H and O–H groups in total. The van der Waals surface area contributed by atoms with E-state index < -0.39 is 22.7 Å². The molecule has 0 radical (unpaired) electrons. The number of halogens is 4. The summed E-state index contributed by atoms with van der Waals surface area (Å²) in [5.74, 6) is 0.268. The number of carbonyl (C=O) groups excluding carboxylic acids is 1. The second-order valence-electron chi connectivity index (χ2n) is 4.86. The maximum Gasteiger partial charge on any atom is 0.420 e. The van der Waals surface area contributed by atoms with E-state index in [0.29, 0.717) is 12.7 Å². The number of nitrogens with zero attached hydrogens (tertiary/aromatic N) is 2. The van der Waals surface area contributed by atoms with Crippen molar-refractivity contribution in [2.45, 2.75) is 44.8 Å². The SMILES string of the molecule is O=C(Cl)c1c(C(F)(F)F)cnn1CC1CCCCC1. The lowest BCUT2D eigenvalue weighted by Gasteiger charge is -2.22. The Morgan fingerprint density at radius 3 is 2.53 bits per heavy atom. The number of alkyl halides is 3. The van der Waals surface area contributed by atoms with E-state index in [1.165, 1.54) is 0 Å². The Labute approximate surface area is 113 Å². The molecule has 0 amide bonds. The second kappa shape index (κ2) is 5.53. The van der Waals surface area contributed by atoms with Crippen LogP contribution in [0.1, 0.15) is 48.2 Å². The number of aromatic nitrogens is 2. The molecule has 2 rings (SSSR count). The van der Waals surface area contributed by atoms with Crippen LogP contribution in [0.25, 0.3) is 0 Å². The molecule has 3 nitrogen and oxygen atoms in total. The minimum atomic E-state index is -4.61. The van der Waals surface area contributed by atoms with Crippen molar-refractivity contribution in [2.75, 3.05) is 0 Å². The molecule has 0 saturated heterocycles. The summed E-state index contributed by atoms with van der Waals surface area (Å²) in [4.78, 5) is 11.2. The normalized spacial score (nSPS) is 17.7. The minimum Gasteiger partial charge on any atom is -0.274 e. The largest absolute Gasteiger partial charge is 0.420 e. The molecule has 0 atom stereocenters. The van der Waals surface area contributed by atoms with Gasteiger partial charge in [0.1, 0.15) is 11.3 Å². The van der Waals surface area contributed by atoms with Crippen LogP contribution in [0.5, 0.6) is 0 Å². The molecule has 0 bridgehead atoms. The Morgan fingerprint density at radius 1 is 1.37 bits per heavy atom. The molecule has 1 aliphatic carbocycles. The summed E-state index contributed by atoms with van der Waals surface area (Å²) in [6.07, 6.45) is 1.28. The van der Waals surface area contributed by atoms with Crippen molar-refractivity contribution in [3.8, 4) is 0 Å². The first-order chi connectivity index (χ1) is 8.89. The fourth-order valence-electron chi connectivity index (χ4n) is 2.55. The highest BCUT2D eigenvalue weighted by atomic mass is 35.5. The summed E-state index contributed by atoms with van der Waals surface area (Å²) in [7, 11) is 0. The summed E-state index contributed by atoms with van der Waals surface area (Å²) >= 11 is 5.28. The lowest BCUT2D eigenvalue weighted by Crippen LogP contribution is -2.19. The first kappa shape index (κ1) is 14.4.